The molecule has 0 bridgehead atoms. The molecule has 0 saturated heterocycles. The lowest BCUT2D eigenvalue weighted by Crippen LogP contribution is -2.52. The zero-order valence-electron chi connectivity index (χ0n) is 11.9. The van der Waals surface area contributed by atoms with E-state index in [1.807, 2.05) is 0 Å². The lowest BCUT2D eigenvalue weighted by atomic mass is 9.73. The van der Waals surface area contributed by atoms with Crippen LogP contribution in [0.4, 0.5) is 15.8 Å². The van der Waals surface area contributed by atoms with E-state index in [4.69, 9.17) is 17.3 Å². The van der Waals surface area contributed by atoms with Gasteiger partial charge in [0.1, 0.15) is 11.5 Å². The van der Waals surface area contributed by atoms with Gasteiger partial charge in [0, 0.05) is 18.7 Å². The van der Waals surface area contributed by atoms with E-state index in [2.05, 4.69) is 12.2 Å². The molecule has 1 aromatic rings. The van der Waals surface area contributed by atoms with Gasteiger partial charge in [-0.2, -0.15) is 0 Å². The van der Waals surface area contributed by atoms with Crippen LogP contribution in [-0.2, 0) is 0 Å². The summed E-state index contributed by atoms with van der Waals surface area (Å²) in [7, 11) is 0. The Morgan fingerprint density at radius 3 is 2.86 bits per heavy atom. The first-order valence-corrected chi connectivity index (χ1v) is 7.39. The van der Waals surface area contributed by atoms with E-state index in [0.29, 0.717) is 6.54 Å². The van der Waals surface area contributed by atoms with Crippen LogP contribution in [0.5, 0.6) is 0 Å². The number of halogens is 2. The molecule has 2 atom stereocenters. The Bertz CT molecular complexity index is 555. The molecule has 0 amide bonds. The van der Waals surface area contributed by atoms with Crippen molar-refractivity contribution < 1.29 is 9.31 Å². The van der Waals surface area contributed by atoms with Crippen LogP contribution < -0.4 is 11.1 Å². The summed E-state index contributed by atoms with van der Waals surface area (Å²) in [6.07, 6.45) is 3.92. The number of nitro groups is 1. The van der Waals surface area contributed by atoms with Crippen molar-refractivity contribution in [1.29, 1.82) is 0 Å². The van der Waals surface area contributed by atoms with E-state index in [1.54, 1.807) is 0 Å². The van der Waals surface area contributed by atoms with Crippen LogP contribution in [0.3, 0.4) is 0 Å². The number of hydrogen-bond donors (Lipinski definition) is 2. The summed E-state index contributed by atoms with van der Waals surface area (Å²) >= 11 is 5.64. The van der Waals surface area contributed by atoms with Crippen molar-refractivity contribution >= 4 is 23.0 Å². The second kappa shape index (κ2) is 6.15. The normalized spacial score (nSPS) is 25.6. The van der Waals surface area contributed by atoms with Gasteiger partial charge in [-0.1, -0.05) is 31.4 Å². The third-order valence-electron chi connectivity index (χ3n) is 4.44. The number of nitro benzene ring substituents is 1. The number of anilines is 1. The minimum atomic E-state index is -0.680. The Morgan fingerprint density at radius 2 is 2.29 bits per heavy atom. The first kappa shape index (κ1) is 16.0. The highest BCUT2D eigenvalue weighted by Crippen LogP contribution is 2.39. The average Bonchev–Trinajstić information content (AvgIpc) is 2.45. The third kappa shape index (κ3) is 3.11. The number of nitrogens with two attached hydrogens (primary N) is 1. The molecule has 5 nitrogen and oxygen atoms in total. The van der Waals surface area contributed by atoms with Gasteiger partial charge in [-0.05, 0) is 18.8 Å². The average molecular weight is 316 g/mol. The van der Waals surface area contributed by atoms with Crippen LogP contribution in [0.1, 0.15) is 32.6 Å². The second-order valence-corrected chi connectivity index (χ2v) is 6.08. The minimum Gasteiger partial charge on any atom is -0.372 e. The van der Waals surface area contributed by atoms with Crippen LogP contribution in [0.2, 0.25) is 5.02 Å². The Morgan fingerprint density at radius 1 is 1.57 bits per heavy atom. The Kier molecular flexibility index (Phi) is 4.68. The first-order chi connectivity index (χ1) is 9.89. The smallest absolute Gasteiger partial charge is 0.294 e. The molecule has 2 unspecified atom stereocenters. The van der Waals surface area contributed by atoms with E-state index in [1.165, 1.54) is 0 Å². The lowest BCUT2D eigenvalue weighted by Gasteiger charge is -2.43. The molecular weight excluding hydrogens is 297 g/mol. The van der Waals surface area contributed by atoms with Crippen molar-refractivity contribution in [1.82, 2.24) is 0 Å². The van der Waals surface area contributed by atoms with Crippen LogP contribution in [0.25, 0.3) is 0 Å². The summed E-state index contributed by atoms with van der Waals surface area (Å²) in [4.78, 5) is 10.6. The predicted molar refractivity (Wildman–Crippen MR) is 81.1 cm³/mol. The molecule has 3 N–H and O–H groups in total. The van der Waals surface area contributed by atoms with Gasteiger partial charge in [0.15, 0.2) is 0 Å². The van der Waals surface area contributed by atoms with Gasteiger partial charge in [0.25, 0.3) is 5.69 Å². The van der Waals surface area contributed by atoms with E-state index in [0.717, 1.165) is 37.8 Å². The monoisotopic (exact) mass is 315 g/mol. The molecule has 2 rings (SSSR count). The summed E-state index contributed by atoms with van der Waals surface area (Å²) in [6, 6.07) is 2.12. The SMILES string of the molecule is CC1CCCCC1(CN)Nc1cc(F)c(Cl)cc1[N+](=O)[O-]. The van der Waals surface area contributed by atoms with Crippen LogP contribution in [-0.4, -0.2) is 17.0 Å². The van der Waals surface area contributed by atoms with Crippen molar-refractivity contribution in [2.24, 2.45) is 11.7 Å². The number of rotatable bonds is 4. The summed E-state index contributed by atoms with van der Waals surface area (Å²) in [5.74, 6) is -0.421. The van der Waals surface area contributed by atoms with Gasteiger partial charge in [0.2, 0.25) is 0 Å². The molecule has 21 heavy (non-hydrogen) atoms. The molecule has 0 spiro atoms. The third-order valence-corrected chi connectivity index (χ3v) is 4.73. The van der Waals surface area contributed by atoms with Crippen LogP contribution in [0, 0.1) is 21.8 Å². The summed E-state index contributed by atoms with van der Waals surface area (Å²) < 4.78 is 13.7. The van der Waals surface area contributed by atoms with E-state index in [-0.39, 0.29) is 22.3 Å². The molecule has 0 aliphatic heterocycles. The maximum absolute atomic E-state index is 13.7. The Labute approximate surface area is 127 Å². The number of nitrogens with zero attached hydrogens (tertiary/aromatic N) is 1. The molecule has 7 heteroatoms. The van der Waals surface area contributed by atoms with Gasteiger partial charge in [-0.15, -0.1) is 0 Å². The number of nitrogens with one attached hydrogen (secondary N) is 1. The molecule has 0 radical (unpaired) electrons. The summed E-state index contributed by atoms with van der Waals surface area (Å²) in [5.41, 5.74) is 5.39. The maximum Gasteiger partial charge on any atom is 0.294 e. The molecule has 1 saturated carbocycles. The van der Waals surface area contributed by atoms with E-state index < -0.39 is 16.3 Å². The fraction of sp³-hybridized carbons (Fsp3) is 0.571. The highest BCUT2D eigenvalue weighted by atomic mass is 35.5. The van der Waals surface area contributed by atoms with Crippen LogP contribution >= 0.6 is 11.6 Å². The summed E-state index contributed by atoms with van der Waals surface area (Å²) in [5, 5.41) is 14.0. The van der Waals surface area contributed by atoms with Gasteiger partial charge >= 0.3 is 0 Å². The zero-order chi connectivity index (χ0) is 15.6. The molecular formula is C14H19ClFN3O2. The van der Waals surface area contributed by atoms with Gasteiger partial charge in [-0.3, -0.25) is 10.1 Å². The van der Waals surface area contributed by atoms with E-state index in [9.17, 15) is 14.5 Å². The minimum absolute atomic E-state index is 0.140. The van der Waals surface area contributed by atoms with Crippen molar-refractivity contribution in [3.63, 3.8) is 0 Å². The number of benzene rings is 1. The molecule has 116 valence electrons. The predicted octanol–water partition coefficient (Wildman–Crippen LogP) is 3.71. The number of hydrogen-bond acceptors (Lipinski definition) is 4. The standard InChI is InChI=1S/C14H19ClFN3O2/c1-9-4-2-3-5-14(9,8-17)18-12-7-11(16)10(15)6-13(12)19(20)21/h6-7,9,18H,2-5,8,17H2,1H3. The topological polar surface area (TPSA) is 81.2 Å². The molecule has 1 fully saturated rings. The first-order valence-electron chi connectivity index (χ1n) is 7.01. The van der Waals surface area contributed by atoms with Crippen LogP contribution in [0.15, 0.2) is 12.1 Å². The van der Waals surface area contributed by atoms with Crippen molar-refractivity contribution in [2.45, 2.75) is 38.1 Å². The largest absolute Gasteiger partial charge is 0.372 e. The highest BCUT2D eigenvalue weighted by molar-refractivity contribution is 6.31. The van der Waals surface area contributed by atoms with Crippen molar-refractivity contribution in [2.75, 3.05) is 11.9 Å². The van der Waals surface area contributed by atoms with Crippen molar-refractivity contribution in [3.05, 3.63) is 33.1 Å². The summed E-state index contributed by atoms with van der Waals surface area (Å²) in [6.45, 7) is 2.41. The Hall–Kier alpha value is -1.40. The lowest BCUT2D eigenvalue weighted by molar-refractivity contribution is -0.384. The van der Waals surface area contributed by atoms with E-state index >= 15 is 0 Å². The zero-order valence-corrected chi connectivity index (χ0v) is 12.6. The fourth-order valence-electron chi connectivity index (χ4n) is 3.01. The Balaban J connectivity index is 2.41. The van der Waals surface area contributed by atoms with Crippen molar-refractivity contribution in [3.8, 4) is 0 Å². The second-order valence-electron chi connectivity index (χ2n) is 5.67. The van der Waals surface area contributed by atoms with Gasteiger partial charge < -0.3 is 11.1 Å². The maximum atomic E-state index is 13.7. The quantitative estimate of drug-likeness (QED) is 0.655. The molecule has 1 aromatic carbocycles. The molecule has 0 heterocycles. The highest BCUT2D eigenvalue weighted by Gasteiger charge is 2.38. The van der Waals surface area contributed by atoms with Gasteiger partial charge in [0.05, 0.1) is 15.5 Å². The van der Waals surface area contributed by atoms with Gasteiger partial charge in [-0.25, -0.2) is 4.39 Å². The molecule has 0 aromatic heterocycles. The molecule has 1 aliphatic rings. The molecule has 1 aliphatic carbocycles. The fourth-order valence-corrected chi connectivity index (χ4v) is 3.17.